The highest BCUT2D eigenvalue weighted by atomic mass is 19.4. The fraction of sp³-hybridized carbons (Fsp3) is 0.290. The third-order valence-corrected chi connectivity index (χ3v) is 6.34. The summed E-state index contributed by atoms with van der Waals surface area (Å²) < 4.78 is 98.0. The van der Waals surface area contributed by atoms with Gasteiger partial charge in [-0.2, -0.15) is 26.3 Å². The van der Waals surface area contributed by atoms with Crippen molar-refractivity contribution in [3.63, 3.8) is 0 Å². The molecule has 2 aromatic heterocycles. The van der Waals surface area contributed by atoms with E-state index in [1.54, 1.807) is 18.2 Å². The number of aliphatic carboxylic acids is 1. The predicted molar refractivity (Wildman–Crippen MR) is 159 cm³/mol. The van der Waals surface area contributed by atoms with Crippen molar-refractivity contribution in [3.05, 3.63) is 93.0 Å². The summed E-state index contributed by atoms with van der Waals surface area (Å²) in [5.74, 6) is -4.47. The molecule has 0 aliphatic heterocycles. The minimum Gasteiger partial charge on any atom is -0.480 e. The number of amides is 1. The molecule has 0 aliphatic rings. The van der Waals surface area contributed by atoms with E-state index in [4.69, 9.17) is 5.11 Å². The highest BCUT2D eigenvalue weighted by molar-refractivity contribution is 5.97. The van der Waals surface area contributed by atoms with Gasteiger partial charge < -0.3 is 20.3 Å². The van der Waals surface area contributed by atoms with Crippen molar-refractivity contribution in [2.45, 2.75) is 40.0 Å². The van der Waals surface area contributed by atoms with E-state index in [0.717, 1.165) is 34.1 Å². The van der Waals surface area contributed by atoms with E-state index in [0.29, 0.717) is 12.1 Å². The second kappa shape index (κ2) is 16.5. The second-order valence-electron chi connectivity index (χ2n) is 9.87. The molecule has 4 aromatic rings. The van der Waals surface area contributed by atoms with Crippen molar-refractivity contribution >= 4 is 28.5 Å². The maximum Gasteiger partial charge on any atom is 0.432 e. The molecule has 16 heteroatoms. The Morgan fingerprint density at radius 1 is 1.02 bits per heavy atom. The fourth-order valence-electron chi connectivity index (χ4n) is 4.41. The van der Waals surface area contributed by atoms with Gasteiger partial charge in [0, 0.05) is 48.2 Å². The highest BCUT2D eigenvalue weighted by Crippen LogP contribution is 2.37. The molecule has 2 aromatic carbocycles. The number of carbonyl (C=O) groups is 2. The molecule has 0 atom stereocenters. The Morgan fingerprint density at radius 3 is 2.15 bits per heavy atom. The SMILES string of the molecule is CCCNc1cc(F)c(C(=O)NCC(=O)O)c(F)c1.Cc1cn(C)c(C(F)(F)F)c(-c2ccc(C)c3cccnc23)c1=O.FC(F)F. The van der Waals surface area contributed by atoms with Gasteiger partial charge in [0.2, 0.25) is 0 Å². The zero-order chi connectivity index (χ0) is 35.6. The first-order valence-electron chi connectivity index (χ1n) is 13.7. The number of carboxylic acids is 1. The predicted octanol–water partition coefficient (Wildman–Crippen LogP) is 7.02. The number of halogens is 8. The lowest BCUT2D eigenvalue weighted by atomic mass is 9.96. The Morgan fingerprint density at radius 2 is 1.62 bits per heavy atom. The molecule has 0 spiro atoms. The summed E-state index contributed by atoms with van der Waals surface area (Å²) in [5.41, 5.74) is -0.766. The molecule has 0 bridgehead atoms. The number of carboxylic acid groups (broad SMARTS) is 1. The molecule has 254 valence electrons. The number of nitrogens with one attached hydrogen (secondary N) is 2. The number of aromatic nitrogens is 2. The van der Waals surface area contributed by atoms with Crippen molar-refractivity contribution in [3.8, 4) is 11.1 Å². The van der Waals surface area contributed by atoms with E-state index in [2.05, 4.69) is 10.3 Å². The van der Waals surface area contributed by atoms with Gasteiger partial charge in [0.15, 0.2) is 5.43 Å². The van der Waals surface area contributed by atoms with E-state index >= 15 is 0 Å². The zero-order valence-corrected chi connectivity index (χ0v) is 25.4. The van der Waals surface area contributed by atoms with Gasteiger partial charge in [0.05, 0.1) is 11.1 Å². The fourth-order valence-corrected chi connectivity index (χ4v) is 4.41. The van der Waals surface area contributed by atoms with Gasteiger partial charge >= 0.3 is 18.8 Å². The number of anilines is 1. The van der Waals surface area contributed by atoms with Crippen LogP contribution in [0.1, 0.15) is 40.5 Å². The van der Waals surface area contributed by atoms with Gasteiger partial charge in [-0.25, -0.2) is 8.78 Å². The topological polar surface area (TPSA) is 113 Å². The van der Waals surface area contributed by atoms with Gasteiger partial charge in [0.1, 0.15) is 29.4 Å². The van der Waals surface area contributed by atoms with Gasteiger partial charge in [0.25, 0.3) is 5.91 Å². The maximum absolute atomic E-state index is 13.6. The van der Waals surface area contributed by atoms with Gasteiger partial charge in [-0.15, -0.1) is 0 Å². The summed E-state index contributed by atoms with van der Waals surface area (Å²) in [6.07, 6.45) is -1.15. The second-order valence-corrected chi connectivity index (χ2v) is 9.87. The molecule has 0 saturated heterocycles. The molecule has 8 nitrogen and oxygen atoms in total. The van der Waals surface area contributed by atoms with E-state index in [1.165, 1.54) is 32.4 Å². The Labute approximate surface area is 263 Å². The van der Waals surface area contributed by atoms with Crippen LogP contribution < -0.4 is 16.1 Å². The standard InChI is InChI=1S/C18H15F3N2O.C12H14F2N2O3.CHF3/c1-10-6-7-13(15-12(10)5-4-8-22-15)14-16(24)11(2)9-23(3)17(14)18(19,20)21;1-2-3-15-7-4-8(13)11(9(14)5-7)12(19)16-6-10(17)18;2-1(3)4/h4-9H,1-3H3;4-5,15H,2-3,6H2,1H3,(H,16,19)(H,17,18);1H. The van der Waals surface area contributed by atoms with Gasteiger partial charge in [-0.1, -0.05) is 25.1 Å². The molecule has 1 amide bonds. The highest BCUT2D eigenvalue weighted by Gasteiger charge is 2.38. The number of pyridine rings is 2. The van der Waals surface area contributed by atoms with Crippen LogP contribution in [0.3, 0.4) is 0 Å². The third-order valence-electron chi connectivity index (χ3n) is 6.34. The minimum atomic E-state index is -4.65. The largest absolute Gasteiger partial charge is 0.480 e. The average molecular weight is 675 g/mol. The van der Waals surface area contributed by atoms with Crippen LogP contribution in [0.5, 0.6) is 0 Å². The Bertz CT molecular complexity index is 1770. The number of aryl methyl sites for hydroxylation is 3. The minimum absolute atomic E-state index is 0.202. The van der Waals surface area contributed by atoms with Crippen molar-refractivity contribution in [2.24, 2.45) is 7.05 Å². The summed E-state index contributed by atoms with van der Waals surface area (Å²) in [7, 11) is 1.29. The molecule has 3 N–H and O–H groups in total. The van der Waals surface area contributed by atoms with Crippen LogP contribution in [0.25, 0.3) is 22.0 Å². The Balaban J connectivity index is 0.000000301. The first kappa shape index (κ1) is 38.2. The molecule has 0 radical (unpaired) electrons. The summed E-state index contributed by atoms with van der Waals surface area (Å²) in [6, 6.07) is 8.74. The van der Waals surface area contributed by atoms with Crippen LogP contribution in [-0.2, 0) is 18.0 Å². The number of hydrogen-bond donors (Lipinski definition) is 3. The van der Waals surface area contributed by atoms with Crippen LogP contribution in [0.4, 0.5) is 40.8 Å². The van der Waals surface area contributed by atoms with E-state index in [-0.39, 0.29) is 22.4 Å². The van der Waals surface area contributed by atoms with E-state index in [1.807, 2.05) is 19.2 Å². The molecule has 4 rings (SSSR count). The van der Waals surface area contributed by atoms with Crippen LogP contribution in [0.2, 0.25) is 0 Å². The number of rotatable bonds is 7. The van der Waals surface area contributed by atoms with Crippen LogP contribution in [0, 0.1) is 25.5 Å². The smallest absolute Gasteiger partial charge is 0.432 e. The van der Waals surface area contributed by atoms with Crippen LogP contribution in [0.15, 0.2) is 53.6 Å². The van der Waals surface area contributed by atoms with Crippen molar-refractivity contribution < 1.29 is 49.8 Å². The lowest BCUT2D eigenvalue weighted by Crippen LogP contribution is -2.30. The molecule has 47 heavy (non-hydrogen) atoms. The summed E-state index contributed by atoms with van der Waals surface area (Å²) in [5, 5.41) is 13.8. The summed E-state index contributed by atoms with van der Waals surface area (Å²) in [6.45, 7) is 1.44. The molecule has 0 saturated carbocycles. The molecule has 0 unspecified atom stereocenters. The zero-order valence-electron chi connectivity index (χ0n) is 25.4. The van der Waals surface area contributed by atoms with Crippen molar-refractivity contribution in [2.75, 3.05) is 18.4 Å². The number of nitrogens with zero attached hydrogens (tertiary/aromatic N) is 2. The lowest BCUT2D eigenvalue weighted by Gasteiger charge is -2.18. The molecule has 2 heterocycles. The van der Waals surface area contributed by atoms with E-state index < -0.39 is 59.6 Å². The Hall–Kier alpha value is -5.02. The molecule has 0 aliphatic carbocycles. The van der Waals surface area contributed by atoms with Crippen LogP contribution in [-0.4, -0.2) is 46.3 Å². The van der Waals surface area contributed by atoms with Crippen molar-refractivity contribution in [1.29, 1.82) is 0 Å². The number of alkyl halides is 6. The maximum atomic E-state index is 13.6. The number of hydrogen-bond acceptors (Lipinski definition) is 5. The van der Waals surface area contributed by atoms with Crippen LogP contribution >= 0.6 is 0 Å². The average Bonchev–Trinajstić information content (AvgIpc) is 2.96. The number of carbonyl (C=O) groups excluding carboxylic acids is 1. The summed E-state index contributed by atoms with van der Waals surface area (Å²) in [4.78, 5) is 38.5. The van der Waals surface area contributed by atoms with Gasteiger partial charge in [-0.3, -0.25) is 19.4 Å². The normalized spacial score (nSPS) is 10.9. The lowest BCUT2D eigenvalue weighted by molar-refractivity contribution is -0.143. The molecular formula is C31H30F8N4O4. The van der Waals surface area contributed by atoms with E-state index in [9.17, 15) is 49.5 Å². The Kier molecular flexibility index (Phi) is 13.4. The monoisotopic (exact) mass is 674 g/mol. The first-order valence-corrected chi connectivity index (χ1v) is 13.7. The van der Waals surface area contributed by atoms with Crippen molar-refractivity contribution in [1.82, 2.24) is 14.9 Å². The molecule has 0 fully saturated rings. The number of benzene rings is 2. The quantitative estimate of drug-likeness (QED) is 0.182. The van der Waals surface area contributed by atoms with Gasteiger partial charge in [-0.05, 0) is 44.0 Å². The summed E-state index contributed by atoms with van der Waals surface area (Å²) >= 11 is 0. The first-order chi connectivity index (χ1) is 21.9. The third kappa shape index (κ3) is 10.2. The number of fused-ring (bicyclic) bond motifs is 1. The molecular weight excluding hydrogens is 644 g/mol.